The molecule has 0 spiro atoms. The molecule has 1 amide bonds. The van der Waals surface area contributed by atoms with Crippen molar-refractivity contribution in [2.24, 2.45) is 5.92 Å². The van der Waals surface area contributed by atoms with Crippen molar-refractivity contribution < 1.29 is 19.1 Å². The highest BCUT2D eigenvalue weighted by molar-refractivity contribution is 6.32. The maximum atomic E-state index is 12.1. The van der Waals surface area contributed by atoms with Crippen LogP contribution in [-0.2, 0) is 14.3 Å². The van der Waals surface area contributed by atoms with Crippen molar-refractivity contribution in [3.05, 3.63) is 29.3 Å². The minimum absolute atomic E-state index is 0.0992. The van der Waals surface area contributed by atoms with Crippen LogP contribution in [0.4, 0.5) is 0 Å². The fraction of sp³-hybridized carbons (Fsp3) is 0.471. The summed E-state index contributed by atoms with van der Waals surface area (Å²) in [6.45, 7) is 6.31. The lowest BCUT2D eigenvalue weighted by Crippen LogP contribution is -2.52. The molecule has 0 saturated carbocycles. The van der Waals surface area contributed by atoms with Gasteiger partial charge in [0, 0.05) is 0 Å². The second kappa shape index (κ2) is 8.55. The molecule has 1 rings (SSSR count). The number of nitrogens with one attached hydrogen (secondary N) is 1. The molecular weight excluding hydrogens is 332 g/mol. The van der Waals surface area contributed by atoms with Gasteiger partial charge in [-0.1, -0.05) is 37.6 Å². The number of carbonyl (C=O) groups excluding carboxylic acids is 2. The molecule has 6 nitrogen and oxygen atoms in total. The molecule has 0 fully saturated rings. The number of amides is 1. The third-order valence-corrected chi connectivity index (χ3v) is 3.94. The van der Waals surface area contributed by atoms with E-state index in [2.05, 4.69) is 11.4 Å². The molecule has 1 aromatic carbocycles. The van der Waals surface area contributed by atoms with Crippen molar-refractivity contribution >= 4 is 23.5 Å². The van der Waals surface area contributed by atoms with Crippen LogP contribution in [0.25, 0.3) is 0 Å². The number of hydrogen-bond donors (Lipinski definition) is 1. The van der Waals surface area contributed by atoms with Gasteiger partial charge in [0.1, 0.15) is 11.3 Å². The van der Waals surface area contributed by atoms with E-state index in [0.29, 0.717) is 10.8 Å². The van der Waals surface area contributed by atoms with Gasteiger partial charge in [-0.3, -0.25) is 4.79 Å². The molecule has 130 valence electrons. The summed E-state index contributed by atoms with van der Waals surface area (Å²) in [6, 6.07) is 8.76. The normalized spacial score (nSPS) is 14.2. The number of esters is 1. The molecule has 0 aliphatic carbocycles. The number of halogens is 1. The summed E-state index contributed by atoms with van der Waals surface area (Å²) in [5.74, 6) is -0.998. The number of nitriles is 1. The lowest BCUT2D eigenvalue weighted by molar-refractivity contribution is -0.157. The standard InChI is InChI=1S/C17H21ClN2O4/c1-11(2)17(4,10-19)20-16(22)12(3)24-15(21)9-23-14-8-6-5-7-13(14)18/h5-8,11-12H,9H2,1-4H3,(H,20,22). The molecule has 2 atom stereocenters. The third-order valence-electron chi connectivity index (χ3n) is 3.63. The minimum atomic E-state index is -1.04. The monoisotopic (exact) mass is 352 g/mol. The van der Waals surface area contributed by atoms with Gasteiger partial charge >= 0.3 is 5.97 Å². The number of para-hydroxylation sites is 1. The summed E-state index contributed by atoms with van der Waals surface area (Å²) in [6.07, 6.45) is -1.04. The maximum absolute atomic E-state index is 12.1. The van der Waals surface area contributed by atoms with E-state index in [9.17, 15) is 14.9 Å². The van der Waals surface area contributed by atoms with Crippen molar-refractivity contribution in [3.8, 4) is 11.8 Å². The quantitative estimate of drug-likeness (QED) is 0.762. The van der Waals surface area contributed by atoms with Gasteiger partial charge in [-0.05, 0) is 31.9 Å². The predicted molar refractivity (Wildman–Crippen MR) is 89.5 cm³/mol. The predicted octanol–water partition coefficient (Wildman–Crippen LogP) is 2.70. The van der Waals surface area contributed by atoms with E-state index in [-0.39, 0.29) is 12.5 Å². The summed E-state index contributed by atoms with van der Waals surface area (Å²) in [5.41, 5.74) is -1.04. The molecule has 7 heteroatoms. The molecule has 0 heterocycles. The molecule has 0 aliphatic heterocycles. The van der Waals surface area contributed by atoms with Gasteiger partial charge in [-0.2, -0.15) is 5.26 Å². The Hall–Kier alpha value is -2.26. The van der Waals surface area contributed by atoms with E-state index in [0.717, 1.165) is 0 Å². The minimum Gasteiger partial charge on any atom is -0.480 e. The van der Waals surface area contributed by atoms with E-state index in [4.69, 9.17) is 21.1 Å². The highest BCUT2D eigenvalue weighted by Gasteiger charge is 2.32. The molecule has 0 radical (unpaired) electrons. The van der Waals surface area contributed by atoms with Crippen LogP contribution in [0.1, 0.15) is 27.7 Å². The molecule has 1 N–H and O–H groups in total. The molecule has 0 saturated heterocycles. The summed E-state index contributed by atoms with van der Waals surface area (Å²) in [4.78, 5) is 23.9. The molecule has 2 unspecified atom stereocenters. The van der Waals surface area contributed by atoms with Gasteiger partial charge in [-0.25, -0.2) is 4.79 Å². The average Bonchev–Trinajstić information content (AvgIpc) is 2.53. The highest BCUT2D eigenvalue weighted by atomic mass is 35.5. The van der Waals surface area contributed by atoms with Crippen LogP contribution in [0.2, 0.25) is 5.02 Å². The summed E-state index contributed by atoms with van der Waals surface area (Å²) >= 11 is 5.91. The van der Waals surface area contributed by atoms with Crippen molar-refractivity contribution in [2.45, 2.75) is 39.3 Å². The molecule has 0 aliphatic rings. The first-order valence-corrected chi connectivity index (χ1v) is 7.87. The molecular formula is C17H21ClN2O4. The first-order valence-electron chi connectivity index (χ1n) is 7.49. The molecule has 0 bridgehead atoms. The van der Waals surface area contributed by atoms with Crippen molar-refractivity contribution in [1.29, 1.82) is 5.26 Å². The van der Waals surface area contributed by atoms with Crippen LogP contribution in [0, 0.1) is 17.2 Å². The van der Waals surface area contributed by atoms with Crippen LogP contribution >= 0.6 is 11.6 Å². The van der Waals surface area contributed by atoms with Gasteiger partial charge in [0.25, 0.3) is 5.91 Å². The maximum Gasteiger partial charge on any atom is 0.344 e. The lowest BCUT2D eigenvalue weighted by atomic mass is 9.90. The number of ether oxygens (including phenoxy) is 2. The van der Waals surface area contributed by atoms with Gasteiger partial charge < -0.3 is 14.8 Å². The van der Waals surface area contributed by atoms with Crippen molar-refractivity contribution in [2.75, 3.05) is 6.61 Å². The van der Waals surface area contributed by atoms with Crippen LogP contribution in [0.3, 0.4) is 0 Å². The lowest BCUT2D eigenvalue weighted by Gasteiger charge is -2.28. The fourth-order valence-corrected chi connectivity index (χ4v) is 1.83. The summed E-state index contributed by atoms with van der Waals surface area (Å²) in [7, 11) is 0. The van der Waals surface area contributed by atoms with Gasteiger partial charge in [0.15, 0.2) is 12.7 Å². The van der Waals surface area contributed by atoms with Crippen molar-refractivity contribution in [1.82, 2.24) is 5.32 Å². The second-order valence-electron chi connectivity index (χ2n) is 5.81. The van der Waals surface area contributed by atoms with Crippen LogP contribution in [-0.4, -0.2) is 30.1 Å². The Morgan fingerprint density at radius 1 is 1.33 bits per heavy atom. The van der Waals surface area contributed by atoms with Crippen LogP contribution in [0.5, 0.6) is 5.75 Å². The zero-order chi connectivity index (χ0) is 18.3. The highest BCUT2D eigenvalue weighted by Crippen LogP contribution is 2.23. The Balaban J connectivity index is 2.53. The summed E-state index contributed by atoms with van der Waals surface area (Å²) < 4.78 is 10.3. The number of hydrogen-bond acceptors (Lipinski definition) is 5. The van der Waals surface area contributed by atoms with E-state index >= 15 is 0 Å². The average molecular weight is 353 g/mol. The van der Waals surface area contributed by atoms with E-state index in [1.54, 1.807) is 31.2 Å². The van der Waals surface area contributed by atoms with Gasteiger partial charge in [0.2, 0.25) is 0 Å². The van der Waals surface area contributed by atoms with Crippen molar-refractivity contribution in [3.63, 3.8) is 0 Å². The van der Waals surface area contributed by atoms with Gasteiger partial charge in [0.05, 0.1) is 11.1 Å². The summed E-state index contributed by atoms with van der Waals surface area (Å²) in [5, 5.41) is 12.2. The smallest absolute Gasteiger partial charge is 0.344 e. The number of nitrogens with zero attached hydrogens (tertiary/aromatic N) is 1. The number of carbonyl (C=O) groups is 2. The van der Waals surface area contributed by atoms with Crippen LogP contribution in [0.15, 0.2) is 24.3 Å². The zero-order valence-corrected chi connectivity index (χ0v) is 14.9. The molecule has 1 aromatic rings. The second-order valence-corrected chi connectivity index (χ2v) is 6.22. The van der Waals surface area contributed by atoms with Gasteiger partial charge in [-0.15, -0.1) is 0 Å². The fourth-order valence-electron chi connectivity index (χ4n) is 1.64. The largest absolute Gasteiger partial charge is 0.480 e. The number of benzene rings is 1. The number of rotatable bonds is 7. The Morgan fingerprint density at radius 2 is 1.96 bits per heavy atom. The molecule has 0 aromatic heterocycles. The molecule has 24 heavy (non-hydrogen) atoms. The third kappa shape index (κ3) is 5.43. The zero-order valence-electron chi connectivity index (χ0n) is 14.1. The first kappa shape index (κ1) is 19.8. The van der Waals surface area contributed by atoms with Crippen LogP contribution < -0.4 is 10.1 Å². The topological polar surface area (TPSA) is 88.4 Å². The van der Waals surface area contributed by atoms with E-state index in [1.165, 1.54) is 6.92 Å². The Kier molecular flexibility index (Phi) is 7.05. The Labute approximate surface area is 146 Å². The SMILES string of the molecule is CC(OC(=O)COc1ccccc1Cl)C(=O)NC(C)(C#N)C(C)C. The Morgan fingerprint density at radius 3 is 2.50 bits per heavy atom. The van der Waals surface area contributed by atoms with E-state index in [1.807, 2.05) is 13.8 Å². The Bertz CT molecular complexity index is 642. The van der Waals surface area contributed by atoms with E-state index < -0.39 is 23.5 Å². The first-order chi connectivity index (χ1) is 11.2.